The van der Waals surface area contributed by atoms with Gasteiger partial charge in [0.2, 0.25) is 0 Å². The lowest BCUT2D eigenvalue weighted by Crippen LogP contribution is -2.32. The maximum absolute atomic E-state index is 10.6. The molecule has 0 aliphatic heterocycles. The van der Waals surface area contributed by atoms with Crippen molar-refractivity contribution in [2.24, 2.45) is 0 Å². The summed E-state index contributed by atoms with van der Waals surface area (Å²) >= 11 is 0. The van der Waals surface area contributed by atoms with Crippen molar-refractivity contribution in [1.82, 2.24) is 5.32 Å². The summed E-state index contributed by atoms with van der Waals surface area (Å²) in [7, 11) is 0. The van der Waals surface area contributed by atoms with Gasteiger partial charge in [0.05, 0.1) is 6.04 Å². The van der Waals surface area contributed by atoms with Gasteiger partial charge in [-0.15, -0.1) is 0 Å². The summed E-state index contributed by atoms with van der Waals surface area (Å²) in [5, 5.41) is 3.11. The monoisotopic (exact) mass is 177 g/mol. The number of benzene rings is 1. The zero-order valence-corrected chi connectivity index (χ0v) is 7.86. The van der Waals surface area contributed by atoms with Crippen LogP contribution in [0.1, 0.15) is 12.5 Å². The van der Waals surface area contributed by atoms with Crippen molar-refractivity contribution >= 4 is 6.29 Å². The minimum absolute atomic E-state index is 0.0487. The number of hydrogen-bond acceptors (Lipinski definition) is 2. The van der Waals surface area contributed by atoms with Gasteiger partial charge in [0.1, 0.15) is 6.29 Å². The predicted molar refractivity (Wildman–Crippen MR) is 53.7 cm³/mol. The van der Waals surface area contributed by atoms with E-state index in [1.165, 1.54) is 5.56 Å². The first-order valence-electron chi connectivity index (χ1n) is 4.59. The van der Waals surface area contributed by atoms with E-state index in [1.807, 2.05) is 37.3 Å². The lowest BCUT2D eigenvalue weighted by Gasteiger charge is -2.10. The Balaban J connectivity index is 2.51. The standard InChI is InChI=1S/C11H15NO/c1-2-12-11(9-13)8-10-6-4-3-5-7-10/h3-7,9,11-12H,2,8H2,1H3. The van der Waals surface area contributed by atoms with Crippen molar-refractivity contribution < 1.29 is 4.79 Å². The van der Waals surface area contributed by atoms with Crippen molar-refractivity contribution in [3.63, 3.8) is 0 Å². The van der Waals surface area contributed by atoms with Gasteiger partial charge in [-0.1, -0.05) is 37.3 Å². The van der Waals surface area contributed by atoms with Crippen LogP contribution in [0.4, 0.5) is 0 Å². The van der Waals surface area contributed by atoms with E-state index in [0.29, 0.717) is 0 Å². The van der Waals surface area contributed by atoms with Gasteiger partial charge in [0.25, 0.3) is 0 Å². The van der Waals surface area contributed by atoms with E-state index >= 15 is 0 Å². The largest absolute Gasteiger partial charge is 0.308 e. The van der Waals surface area contributed by atoms with E-state index in [1.54, 1.807) is 0 Å². The van der Waals surface area contributed by atoms with Gasteiger partial charge in [0.15, 0.2) is 0 Å². The minimum atomic E-state index is -0.0487. The summed E-state index contributed by atoms with van der Waals surface area (Å²) in [6.45, 7) is 2.83. The molecule has 2 nitrogen and oxygen atoms in total. The second-order valence-electron chi connectivity index (χ2n) is 2.99. The third-order valence-corrected chi connectivity index (χ3v) is 1.93. The van der Waals surface area contributed by atoms with Crippen LogP contribution < -0.4 is 5.32 Å². The Labute approximate surface area is 79.0 Å². The molecule has 70 valence electrons. The Morgan fingerprint density at radius 3 is 2.62 bits per heavy atom. The Kier molecular flexibility index (Phi) is 4.19. The average molecular weight is 177 g/mol. The molecule has 0 aliphatic carbocycles. The highest BCUT2D eigenvalue weighted by Gasteiger charge is 2.04. The van der Waals surface area contributed by atoms with E-state index in [4.69, 9.17) is 0 Å². The highest BCUT2D eigenvalue weighted by atomic mass is 16.1. The van der Waals surface area contributed by atoms with Crippen LogP contribution in [0.3, 0.4) is 0 Å². The second-order valence-corrected chi connectivity index (χ2v) is 2.99. The van der Waals surface area contributed by atoms with Crippen LogP contribution in [0.2, 0.25) is 0 Å². The number of likely N-dealkylation sites (N-methyl/N-ethyl adjacent to an activating group) is 1. The van der Waals surface area contributed by atoms with Crippen LogP contribution in [0.15, 0.2) is 30.3 Å². The lowest BCUT2D eigenvalue weighted by molar-refractivity contribution is -0.109. The molecule has 0 heterocycles. The molecule has 0 aliphatic rings. The van der Waals surface area contributed by atoms with Crippen LogP contribution in [0.5, 0.6) is 0 Å². The maximum Gasteiger partial charge on any atom is 0.137 e. The van der Waals surface area contributed by atoms with Crippen LogP contribution in [0, 0.1) is 0 Å². The fourth-order valence-electron chi connectivity index (χ4n) is 1.30. The zero-order chi connectivity index (χ0) is 9.52. The van der Waals surface area contributed by atoms with Gasteiger partial charge in [-0.25, -0.2) is 0 Å². The molecule has 0 saturated carbocycles. The Bertz CT molecular complexity index is 246. The maximum atomic E-state index is 10.6. The first-order chi connectivity index (χ1) is 6.36. The molecule has 1 aromatic carbocycles. The molecular formula is C11H15NO. The third-order valence-electron chi connectivity index (χ3n) is 1.93. The fraction of sp³-hybridized carbons (Fsp3) is 0.364. The van der Waals surface area contributed by atoms with Gasteiger partial charge < -0.3 is 10.1 Å². The average Bonchev–Trinajstić information content (AvgIpc) is 2.19. The lowest BCUT2D eigenvalue weighted by atomic mass is 10.1. The molecule has 1 aromatic rings. The fourth-order valence-corrected chi connectivity index (χ4v) is 1.30. The highest BCUT2D eigenvalue weighted by molar-refractivity contribution is 5.58. The zero-order valence-electron chi connectivity index (χ0n) is 7.86. The van der Waals surface area contributed by atoms with Crippen molar-refractivity contribution in [3.05, 3.63) is 35.9 Å². The summed E-state index contributed by atoms with van der Waals surface area (Å²) in [6, 6.07) is 9.98. The van der Waals surface area contributed by atoms with Crippen LogP contribution in [0.25, 0.3) is 0 Å². The molecule has 0 fully saturated rings. The number of rotatable bonds is 5. The van der Waals surface area contributed by atoms with Gasteiger partial charge >= 0.3 is 0 Å². The molecule has 0 bridgehead atoms. The smallest absolute Gasteiger partial charge is 0.137 e. The summed E-state index contributed by atoms with van der Waals surface area (Å²) in [6.07, 6.45) is 1.74. The molecule has 0 aromatic heterocycles. The SMILES string of the molecule is CCNC(C=O)Cc1ccccc1. The summed E-state index contributed by atoms with van der Waals surface area (Å²) in [5.41, 5.74) is 1.19. The summed E-state index contributed by atoms with van der Waals surface area (Å²) in [5.74, 6) is 0. The first-order valence-corrected chi connectivity index (χ1v) is 4.59. The molecule has 1 N–H and O–H groups in total. The van der Waals surface area contributed by atoms with Gasteiger partial charge in [0, 0.05) is 0 Å². The van der Waals surface area contributed by atoms with E-state index in [2.05, 4.69) is 5.32 Å². The van der Waals surface area contributed by atoms with Crippen molar-refractivity contribution in [1.29, 1.82) is 0 Å². The molecule has 1 unspecified atom stereocenters. The molecule has 13 heavy (non-hydrogen) atoms. The van der Waals surface area contributed by atoms with E-state index in [9.17, 15) is 4.79 Å². The quantitative estimate of drug-likeness (QED) is 0.689. The number of hydrogen-bond donors (Lipinski definition) is 1. The second kappa shape index (κ2) is 5.49. The van der Waals surface area contributed by atoms with Crippen LogP contribution >= 0.6 is 0 Å². The number of nitrogens with one attached hydrogen (secondary N) is 1. The molecular weight excluding hydrogens is 162 g/mol. The van der Waals surface area contributed by atoms with E-state index in [-0.39, 0.29) is 6.04 Å². The summed E-state index contributed by atoms with van der Waals surface area (Å²) < 4.78 is 0. The normalized spacial score (nSPS) is 12.4. The van der Waals surface area contributed by atoms with Crippen LogP contribution in [-0.4, -0.2) is 18.9 Å². The molecule has 0 amide bonds. The first kappa shape index (κ1) is 9.93. The summed E-state index contributed by atoms with van der Waals surface area (Å²) in [4.78, 5) is 10.6. The molecule has 2 heteroatoms. The highest BCUT2D eigenvalue weighted by Crippen LogP contribution is 2.01. The number of carbonyl (C=O) groups is 1. The number of carbonyl (C=O) groups excluding carboxylic acids is 1. The molecule has 1 rings (SSSR count). The van der Waals surface area contributed by atoms with Crippen molar-refractivity contribution in [3.8, 4) is 0 Å². The molecule has 1 atom stereocenters. The Morgan fingerprint density at radius 2 is 2.08 bits per heavy atom. The third kappa shape index (κ3) is 3.38. The van der Waals surface area contributed by atoms with Gasteiger partial charge in [-0.2, -0.15) is 0 Å². The van der Waals surface area contributed by atoms with E-state index in [0.717, 1.165) is 19.3 Å². The number of aldehydes is 1. The van der Waals surface area contributed by atoms with Crippen LogP contribution in [-0.2, 0) is 11.2 Å². The topological polar surface area (TPSA) is 29.1 Å². The molecule has 0 spiro atoms. The van der Waals surface area contributed by atoms with Crippen molar-refractivity contribution in [2.45, 2.75) is 19.4 Å². The van der Waals surface area contributed by atoms with E-state index < -0.39 is 0 Å². The predicted octanol–water partition coefficient (Wildman–Crippen LogP) is 1.41. The minimum Gasteiger partial charge on any atom is -0.308 e. The Hall–Kier alpha value is -1.15. The van der Waals surface area contributed by atoms with Gasteiger partial charge in [-0.05, 0) is 18.5 Å². The molecule has 0 saturated heterocycles. The van der Waals surface area contributed by atoms with Crippen molar-refractivity contribution in [2.75, 3.05) is 6.54 Å². The Morgan fingerprint density at radius 1 is 1.38 bits per heavy atom. The molecule has 0 radical (unpaired) electrons. The van der Waals surface area contributed by atoms with Gasteiger partial charge in [-0.3, -0.25) is 0 Å².